The van der Waals surface area contributed by atoms with Crippen LogP contribution in [0.25, 0.3) is 11.3 Å². The average Bonchev–Trinajstić information content (AvgIpc) is 2.39. The maximum atomic E-state index is 11.3. The van der Waals surface area contributed by atoms with Crippen molar-refractivity contribution in [3.05, 3.63) is 48.1 Å². The van der Waals surface area contributed by atoms with Crippen LogP contribution in [0.2, 0.25) is 0 Å². The van der Waals surface area contributed by atoms with Crippen molar-refractivity contribution in [2.45, 2.75) is 6.92 Å². The van der Waals surface area contributed by atoms with E-state index in [1.807, 2.05) is 0 Å². The number of rotatable bonds is 2. The van der Waals surface area contributed by atoms with Gasteiger partial charge in [0.1, 0.15) is 0 Å². The van der Waals surface area contributed by atoms with Crippen LogP contribution < -0.4 is 5.06 Å². The summed E-state index contributed by atoms with van der Waals surface area (Å²) in [6.07, 6.45) is 4.82. The number of benzene rings is 1. The fourth-order valence-corrected chi connectivity index (χ4v) is 1.40. The second kappa shape index (κ2) is 4.71. The lowest BCUT2D eigenvalue weighted by atomic mass is 10.1. The van der Waals surface area contributed by atoms with Gasteiger partial charge in [0.15, 0.2) is 0 Å². The zero-order valence-corrected chi connectivity index (χ0v) is 9.20. The Balaban J connectivity index is 2.28. The SMILES string of the molecule is CC(=O)N([O-])c1ccc(-c2cnccn2)cc1. The number of hydrogen-bond donors (Lipinski definition) is 0. The summed E-state index contributed by atoms with van der Waals surface area (Å²) in [7, 11) is 0. The minimum atomic E-state index is -0.544. The van der Waals surface area contributed by atoms with Gasteiger partial charge in [-0.2, -0.15) is 0 Å². The fourth-order valence-electron chi connectivity index (χ4n) is 1.40. The highest BCUT2D eigenvalue weighted by Gasteiger charge is 2.02. The number of nitrogens with zero attached hydrogens (tertiary/aromatic N) is 3. The van der Waals surface area contributed by atoms with Crippen LogP contribution in [0.4, 0.5) is 5.69 Å². The molecule has 0 bridgehead atoms. The van der Waals surface area contributed by atoms with E-state index in [1.165, 1.54) is 6.92 Å². The van der Waals surface area contributed by atoms with E-state index in [0.717, 1.165) is 11.3 Å². The Hall–Kier alpha value is -2.27. The molecule has 1 aromatic carbocycles. The Kier molecular flexibility index (Phi) is 3.11. The van der Waals surface area contributed by atoms with Gasteiger partial charge in [0.25, 0.3) is 0 Å². The highest BCUT2D eigenvalue weighted by molar-refractivity contribution is 5.92. The van der Waals surface area contributed by atoms with E-state index >= 15 is 0 Å². The molecule has 0 saturated carbocycles. The van der Waals surface area contributed by atoms with E-state index in [4.69, 9.17) is 0 Å². The first kappa shape index (κ1) is 11.2. The first-order valence-corrected chi connectivity index (χ1v) is 5.03. The molecule has 1 heterocycles. The lowest BCUT2D eigenvalue weighted by Gasteiger charge is -2.26. The van der Waals surface area contributed by atoms with Gasteiger partial charge in [-0.1, -0.05) is 12.1 Å². The molecule has 0 aliphatic heterocycles. The van der Waals surface area contributed by atoms with Crippen molar-refractivity contribution in [3.63, 3.8) is 0 Å². The molecule has 0 atom stereocenters. The van der Waals surface area contributed by atoms with Crippen molar-refractivity contribution in [2.24, 2.45) is 0 Å². The Morgan fingerprint density at radius 1 is 1.24 bits per heavy atom. The molecule has 5 heteroatoms. The van der Waals surface area contributed by atoms with Gasteiger partial charge in [-0.25, -0.2) is 0 Å². The van der Waals surface area contributed by atoms with E-state index in [2.05, 4.69) is 9.97 Å². The van der Waals surface area contributed by atoms with Gasteiger partial charge in [0.2, 0.25) is 5.91 Å². The van der Waals surface area contributed by atoms with Crippen molar-refractivity contribution >= 4 is 11.6 Å². The Labute approximate surface area is 98.3 Å². The smallest absolute Gasteiger partial charge is 0.213 e. The Bertz CT molecular complexity index is 511. The van der Waals surface area contributed by atoms with Crippen LogP contribution in [0.15, 0.2) is 42.9 Å². The summed E-state index contributed by atoms with van der Waals surface area (Å²) in [6.45, 7) is 1.23. The van der Waals surface area contributed by atoms with Gasteiger partial charge in [-0.15, -0.1) is 0 Å². The van der Waals surface area contributed by atoms with Crippen molar-refractivity contribution < 1.29 is 4.79 Å². The molecule has 2 rings (SSSR count). The second-order valence-electron chi connectivity index (χ2n) is 3.45. The third-order valence-electron chi connectivity index (χ3n) is 2.25. The first-order chi connectivity index (χ1) is 8.18. The number of aromatic nitrogens is 2. The highest BCUT2D eigenvalue weighted by atomic mass is 16.5. The molecule has 86 valence electrons. The van der Waals surface area contributed by atoms with E-state index < -0.39 is 5.91 Å². The van der Waals surface area contributed by atoms with Gasteiger partial charge in [-0.05, 0) is 12.1 Å². The molecule has 0 fully saturated rings. The second-order valence-corrected chi connectivity index (χ2v) is 3.45. The molecule has 2 aromatic rings. The third kappa shape index (κ3) is 2.46. The van der Waals surface area contributed by atoms with Crippen molar-refractivity contribution in [1.29, 1.82) is 0 Å². The molecule has 1 amide bonds. The standard InChI is InChI=1S/C12H10N3O2/c1-9(16)15(17)11-4-2-10(3-5-11)12-8-13-6-7-14-12/h2-8H,1H3/q-1. The zero-order chi connectivity index (χ0) is 12.3. The van der Waals surface area contributed by atoms with E-state index in [-0.39, 0.29) is 0 Å². The maximum Gasteiger partial charge on any atom is 0.213 e. The lowest BCUT2D eigenvalue weighted by molar-refractivity contribution is -0.116. The van der Waals surface area contributed by atoms with E-state index in [0.29, 0.717) is 10.8 Å². The molecule has 5 nitrogen and oxygen atoms in total. The minimum absolute atomic E-state index is 0.310. The summed E-state index contributed by atoms with van der Waals surface area (Å²) in [4.78, 5) is 19.0. The number of carbonyl (C=O) groups is 1. The topological polar surface area (TPSA) is 69.2 Å². The monoisotopic (exact) mass is 228 g/mol. The summed E-state index contributed by atoms with van der Waals surface area (Å²) >= 11 is 0. The summed E-state index contributed by atoms with van der Waals surface area (Å²) in [6, 6.07) is 6.62. The molecule has 0 aliphatic rings. The fraction of sp³-hybridized carbons (Fsp3) is 0.0833. The number of carbonyl (C=O) groups excluding carboxylic acids is 1. The van der Waals surface area contributed by atoms with Crippen LogP contribution in [0, 0.1) is 5.21 Å². The van der Waals surface area contributed by atoms with E-state index in [1.54, 1.807) is 42.9 Å². The van der Waals surface area contributed by atoms with Crippen LogP contribution in [0.5, 0.6) is 0 Å². The highest BCUT2D eigenvalue weighted by Crippen LogP contribution is 2.20. The summed E-state index contributed by atoms with van der Waals surface area (Å²) < 4.78 is 0. The normalized spacial score (nSPS) is 10.0. The van der Waals surface area contributed by atoms with E-state index in [9.17, 15) is 10.0 Å². The first-order valence-electron chi connectivity index (χ1n) is 5.03. The largest absolute Gasteiger partial charge is 0.752 e. The molecule has 0 spiro atoms. The molecule has 0 aliphatic carbocycles. The Morgan fingerprint density at radius 3 is 2.47 bits per heavy atom. The molecule has 1 aromatic heterocycles. The van der Waals surface area contributed by atoms with Crippen LogP contribution in [-0.2, 0) is 4.79 Å². The molecule has 0 N–H and O–H groups in total. The zero-order valence-electron chi connectivity index (χ0n) is 9.20. The number of hydrogen-bond acceptors (Lipinski definition) is 4. The molecule has 0 unspecified atom stereocenters. The van der Waals surface area contributed by atoms with Gasteiger partial charge in [0, 0.05) is 30.6 Å². The number of hydroxylamine groups is 1. The quantitative estimate of drug-likeness (QED) is 0.737. The van der Waals surface area contributed by atoms with Crippen LogP contribution in [0.1, 0.15) is 6.92 Å². The Morgan fingerprint density at radius 2 is 1.94 bits per heavy atom. The predicted octanol–water partition coefficient (Wildman–Crippen LogP) is 1.99. The molecule has 17 heavy (non-hydrogen) atoms. The summed E-state index contributed by atoms with van der Waals surface area (Å²) in [5.74, 6) is -0.544. The molecular weight excluding hydrogens is 218 g/mol. The maximum absolute atomic E-state index is 11.3. The lowest BCUT2D eigenvalue weighted by Crippen LogP contribution is -2.20. The molecule has 0 saturated heterocycles. The van der Waals surface area contributed by atoms with Crippen molar-refractivity contribution in [2.75, 3.05) is 5.06 Å². The number of anilines is 1. The van der Waals surface area contributed by atoms with Crippen LogP contribution in [0.3, 0.4) is 0 Å². The minimum Gasteiger partial charge on any atom is -0.752 e. The van der Waals surface area contributed by atoms with Crippen LogP contribution in [-0.4, -0.2) is 15.9 Å². The summed E-state index contributed by atoms with van der Waals surface area (Å²) in [5, 5.41) is 11.7. The van der Waals surface area contributed by atoms with Gasteiger partial charge < -0.3 is 10.3 Å². The van der Waals surface area contributed by atoms with Gasteiger partial charge in [0.05, 0.1) is 11.9 Å². The van der Waals surface area contributed by atoms with Gasteiger partial charge in [-0.3, -0.25) is 14.8 Å². The third-order valence-corrected chi connectivity index (χ3v) is 2.25. The molecule has 0 radical (unpaired) electrons. The number of amides is 1. The summed E-state index contributed by atoms with van der Waals surface area (Å²) in [5.41, 5.74) is 1.88. The average molecular weight is 228 g/mol. The van der Waals surface area contributed by atoms with Crippen LogP contribution >= 0.6 is 0 Å². The predicted molar refractivity (Wildman–Crippen MR) is 64.0 cm³/mol. The van der Waals surface area contributed by atoms with Crippen molar-refractivity contribution in [1.82, 2.24) is 9.97 Å². The molecular formula is C12H10N3O2-. The van der Waals surface area contributed by atoms with Gasteiger partial charge >= 0.3 is 0 Å². The van der Waals surface area contributed by atoms with Crippen molar-refractivity contribution in [3.8, 4) is 11.3 Å².